The van der Waals surface area contributed by atoms with Gasteiger partial charge in [0.15, 0.2) is 0 Å². The third-order valence-corrected chi connectivity index (χ3v) is 5.00. The third-order valence-electron chi connectivity index (χ3n) is 5.00. The molecule has 7 nitrogen and oxygen atoms in total. The second-order valence-electron chi connectivity index (χ2n) is 6.90. The lowest BCUT2D eigenvalue weighted by molar-refractivity contribution is 0.112. The van der Waals surface area contributed by atoms with Crippen LogP contribution in [-0.2, 0) is 0 Å². The van der Waals surface area contributed by atoms with Crippen molar-refractivity contribution in [2.24, 2.45) is 0 Å². The highest BCUT2D eigenvalue weighted by Gasteiger charge is 2.21. The molecule has 7 heteroatoms. The molecule has 0 aliphatic rings. The van der Waals surface area contributed by atoms with Gasteiger partial charge in [0.2, 0.25) is 5.82 Å². The van der Waals surface area contributed by atoms with Crippen LogP contribution in [0.5, 0.6) is 0 Å². The predicted molar refractivity (Wildman–Crippen MR) is 120 cm³/mol. The summed E-state index contributed by atoms with van der Waals surface area (Å²) in [6, 6.07) is 23.0. The van der Waals surface area contributed by atoms with E-state index >= 15 is 0 Å². The van der Waals surface area contributed by atoms with Crippen molar-refractivity contribution in [2.75, 3.05) is 12.4 Å². The van der Waals surface area contributed by atoms with Crippen molar-refractivity contribution >= 4 is 17.9 Å². The van der Waals surface area contributed by atoms with Crippen LogP contribution in [0.25, 0.3) is 39.7 Å². The molecule has 0 saturated carbocycles. The van der Waals surface area contributed by atoms with Crippen molar-refractivity contribution < 1.29 is 4.79 Å². The maximum Gasteiger partial charge on any atom is 0.255 e. The van der Waals surface area contributed by atoms with Crippen LogP contribution < -0.4 is 5.32 Å². The molecule has 2 aromatic carbocycles. The van der Waals surface area contributed by atoms with Gasteiger partial charge in [0.05, 0.1) is 11.3 Å². The summed E-state index contributed by atoms with van der Waals surface area (Å²) in [5.74, 6) is 1.72. The molecule has 5 rings (SSSR count). The molecule has 0 aliphatic carbocycles. The fourth-order valence-electron chi connectivity index (χ4n) is 3.54. The summed E-state index contributed by atoms with van der Waals surface area (Å²) in [7, 11) is 1.85. The van der Waals surface area contributed by atoms with Crippen LogP contribution in [0.2, 0.25) is 0 Å². The van der Waals surface area contributed by atoms with Gasteiger partial charge >= 0.3 is 0 Å². The zero-order valence-electron chi connectivity index (χ0n) is 16.7. The molecule has 150 valence electrons. The molecule has 0 spiro atoms. The fraction of sp³-hybridized carbons (Fsp3) is 0.0417. The summed E-state index contributed by atoms with van der Waals surface area (Å²) < 4.78 is 1.70. The molecule has 0 aliphatic heterocycles. The van der Waals surface area contributed by atoms with Crippen LogP contribution in [0, 0.1) is 0 Å². The van der Waals surface area contributed by atoms with E-state index in [-0.39, 0.29) is 0 Å². The minimum Gasteiger partial charge on any atom is -0.372 e. The highest BCUT2D eigenvalue weighted by Crippen LogP contribution is 2.37. The zero-order valence-corrected chi connectivity index (χ0v) is 16.7. The van der Waals surface area contributed by atoms with Crippen LogP contribution in [0.3, 0.4) is 0 Å². The second kappa shape index (κ2) is 7.79. The molecular weight excluding hydrogens is 388 g/mol. The van der Waals surface area contributed by atoms with Crippen molar-refractivity contribution in [3.05, 3.63) is 84.6 Å². The van der Waals surface area contributed by atoms with E-state index in [0.29, 0.717) is 22.9 Å². The molecule has 31 heavy (non-hydrogen) atoms. The first-order valence-corrected chi connectivity index (χ1v) is 9.79. The van der Waals surface area contributed by atoms with Gasteiger partial charge in [-0.2, -0.15) is 9.50 Å². The lowest BCUT2D eigenvalue weighted by Gasteiger charge is -2.15. The molecule has 1 N–H and O–H groups in total. The van der Waals surface area contributed by atoms with Gasteiger partial charge in [0.1, 0.15) is 17.8 Å². The number of fused-ring (bicyclic) bond motifs is 1. The third kappa shape index (κ3) is 3.32. The van der Waals surface area contributed by atoms with E-state index in [1.165, 1.54) is 0 Å². The lowest BCUT2D eigenvalue weighted by Crippen LogP contribution is -2.06. The Morgan fingerprint density at radius 3 is 2.32 bits per heavy atom. The maximum atomic E-state index is 11.1. The Morgan fingerprint density at radius 2 is 1.65 bits per heavy atom. The number of benzene rings is 2. The van der Waals surface area contributed by atoms with E-state index in [2.05, 4.69) is 20.4 Å². The van der Waals surface area contributed by atoms with Gasteiger partial charge < -0.3 is 5.32 Å². The first-order chi connectivity index (χ1) is 15.3. The number of hydrogen-bond acceptors (Lipinski definition) is 6. The summed E-state index contributed by atoms with van der Waals surface area (Å²) in [6.45, 7) is 0. The van der Waals surface area contributed by atoms with Gasteiger partial charge in [0.25, 0.3) is 5.78 Å². The standard InChI is InChI=1S/C24H18N6O/c1-25-23-20(17-7-3-2-4-8-17)21(18-12-10-16(15-31)11-13-18)27-24-28-22(29-30(23)24)19-9-5-6-14-26-19/h2-15,25H,1H3. The fourth-order valence-corrected chi connectivity index (χ4v) is 3.54. The van der Waals surface area contributed by atoms with Crippen molar-refractivity contribution in [1.29, 1.82) is 0 Å². The Balaban J connectivity index is 1.82. The van der Waals surface area contributed by atoms with Gasteiger partial charge in [-0.05, 0) is 17.7 Å². The van der Waals surface area contributed by atoms with E-state index in [0.717, 1.165) is 34.5 Å². The van der Waals surface area contributed by atoms with Gasteiger partial charge in [-0.15, -0.1) is 5.10 Å². The minimum absolute atomic E-state index is 0.458. The van der Waals surface area contributed by atoms with Gasteiger partial charge in [-0.25, -0.2) is 4.98 Å². The molecule has 0 amide bonds. The zero-order chi connectivity index (χ0) is 21.2. The molecule has 0 fully saturated rings. The van der Waals surface area contributed by atoms with Gasteiger partial charge in [-0.3, -0.25) is 9.78 Å². The average molecular weight is 406 g/mol. The Morgan fingerprint density at radius 1 is 0.871 bits per heavy atom. The van der Waals surface area contributed by atoms with E-state index in [1.807, 2.05) is 67.7 Å². The number of nitrogens with zero attached hydrogens (tertiary/aromatic N) is 5. The summed E-state index contributed by atoms with van der Waals surface area (Å²) >= 11 is 0. The Kier molecular flexibility index (Phi) is 4.68. The normalized spacial score (nSPS) is 10.9. The van der Waals surface area contributed by atoms with Crippen molar-refractivity contribution in [3.8, 4) is 33.9 Å². The van der Waals surface area contributed by atoms with Gasteiger partial charge in [0, 0.05) is 24.4 Å². The molecule has 5 aromatic rings. The quantitative estimate of drug-likeness (QED) is 0.436. The molecule has 0 radical (unpaired) electrons. The van der Waals surface area contributed by atoms with Crippen LogP contribution in [-0.4, -0.2) is 37.9 Å². The molecule has 0 atom stereocenters. The monoisotopic (exact) mass is 406 g/mol. The van der Waals surface area contributed by atoms with E-state index in [1.54, 1.807) is 22.8 Å². The number of carbonyl (C=O) groups excluding carboxylic acids is 1. The average Bonchev–Trinajstić information content (AvgIpc) is 3.28. The Labute approximate surface area is 178 Å². The minimum atomic E-state index is 0.458. The molecule has 0 bridgehead atoms. The topological polar surface area (TPSA) is 85.1 Å². The number of pyridine rings is 1. The van der Waals surface area contributed by atoms with E-state index in [4.69, 9.17) is 4.98 Å². The number of rotatable bonds is 5. The van der Waals surface area contributed by atoms with Crippen LogP contribution in [0.1, 0.15) is 10.4 Å². The van der Waals surface area contributed by atoms with E-state index < -0.39 is 0 Å². The summed E-state index contributed by atoms with van der Waals surface area (Å²) in [5, 5.41) is 7.95. The Hall–Kier alpha value is -4.39. The number of aldehydes is 1. The highest BCUT2D eigenvalue weighted by molar-refractivity contribution is 5.90. The summed E-state index contributed by atoms with van der Waals surface area (Å²) in [4.78, 5) is 25.0. The summed E-state index contributed by atoms with van der Waals surface area (Å²) in [6.07, 6.45) is 2.54. The number of carbonyl (C=O) groups is 1. The first-order valence-electron chi connectivity index (χ1n) is 9.79. The molecular formula is C24H18N6O. The van der Waals surface area contributed by atoms with Crippen LogP contribution >= 0.6 is 0 Å². The molecule has 0 saturated heterocycles. The predicted octanol–water partition coefficient (Wildman–Crippen LogP) is 4.37. The second-order valence-corrected chi connectivity index (χ2v) is 6.90. The van der Waals surface area contributed by atoms with E-state index in [9.17, 15) is 4.79 Å². The number of anilines is 1. The van der Waals surface area contributed by atoms with Crippen molar-refractivity contribution in [3.63, 3.8) is 0 Å². The number of aromatic nitrogens is 5. The molecule has 3 aromatic heterocycles. The molecule has 3 heterocycles. The lowest BCUT2D eigenvalue weighted by atomic mass is 9.99. The SMILES string of the molecule is CNc1c(-c2ccccc2)c(-c2ccc(C=O)cc2)nc2nc(-c3ccccn3)nn12. The first kappa shape index (κ1) is 18.6. The Bertz CT molecular complexity index is 1360. The molecule has 0 unspecified atom stereocenters. The van der Waals surface area contributed by atoms with Gasteiger partial charge in [-0.1, -0.05) is 60.7 Å². The number of nitrogens with one attached hydrogen (secondary N) is 1. The van der Waals surface area contributed by atoms with Crippen LogP contribution in [0.15, 0.2) is 79.0 Å². The maximum absolute atomic E-state index is 11.1. The van der Waals surface area contributed by atoms with Crippen LogP contribution in [0.4, 0.5) is 5.82 Å². The summed E-state index contributed by atoms with van der Waals surface area (Å²) in [5.41, 5.74) is 4.80. The van der Waals surface area contributed by atoms with Crippen molar-refractivity contribution in [1.82, 2.24) is 24.6 Å². The highest BCUT2D eigenvalue weighted by atomic mass is 16.1. The largest absolute Gasteiger partial charge is 0.372 e. The smallest absolute Gasteiger partial charge is 0.255 e. The number of hydrogen-bond donors (Lipinski definition) is 1. The van der Waals surface area contributed by atoms with Crippen molar-refractivity contribution in [2.45, 2.75) is 0 Å².